The van der Waals surface area contributed by atoms with E-state index in [0.717, 1.165) is 45.3 Å². The van der Waals surface area contributed by atoms with Gasteiger partial charge in [-0.2, -0.15) is 5.26 Å². The average molecular weight is 422 g/mol. The highest BCUT2D eigenvalue weighted by molar-refractivity contribution is 6.01. The number of hydrogen-bond donors (Lipinski definition) is 1. The minimum atomic E-state index is -0.319. The second-order valence-corrected chi connectivity index (χ2v) is 7.75. The molecule has 32 heavy (non-hydrogen) atoms. The van der Waals surface area contributed by atoms with Crippen LogP contribution in [-0.2, 0) is 11.2 Å². The van der Waals surface area contributed by atoms with Crippen LogP contribution in [0.2, 0.25) is 0 Å². The number of nitrogens with one attached hydrogen (secondary N) is 1. The predicted molar refractivity (Wildman–Crippen MR) is 126 cm³/mol. The minimum Gasteiger partial charge on any atom is -0.346 e. The van der Waals surface area contributed by atoms with Crippen LogP contribution in [0.1, 0.15) is 18.1 Å². The lowest BCUT2D eigenvalue weighted by molar-refractivity contribution is -0.124. The molecule has 0 saturated heterocycles. The van der Waals surface area contributed by atoms with Crippen LogP contribution in [0.15, 0.2) is 66.8 Å². The highest BCUT2D eigenvalue weighted by Gasteiger charge is 2.12. The summed E-state index contributed by atoms with van der Waals surface area (Å²) < 4.78 is 0. The van der Waals surface area contributed by atoms with Gasteiger partial charge in [0.1, 0.15) is 17.3 Å². The van der Waals surface area contributed by atoms with Crippen LogP contribution in [0.5, 0.6) is 0 Å². The van der Waals surface area contributed by atoms with Gasteiger partial charge in [0, 0.05) is 61.0 Å². The van der Waals surface area contributed by atoms with Gasteiger partial charge in [0.15, 0.2) is 0 Å². The molecule has 1 N–H and O–H groups in total. The summed E-state index contributed by atoms with van der Waals surface area (Å²) in [5, 5.41) is 10.4. The van der Waals surface area contributed by atoms with Crippen molar-refractivity contribution in [2.45, 2.75) is 13.3 Å². The van der Waals surface area contributed by atoms with Crippen LogP contribution >= 0.6 is 0 Å². The number of aromatic nitrogens is 3. The summed E-state index contributed by atoms with van der Waals surface area (Å²) in [4.78, 5) is 25.8. The molecule has 6 heteroatoms. The van der Waals surface area contributed by atoms with E-state index in [-0.39, 0.29) is 11.5 Å². The van der Waals surface area contributed by atoms with Crippen molar-refractivity contribution in [3.63, 3.8) is 0 Å². The molecule has 0 radical (unpaired) electrons. The maximum atomic E-state index is 12.2. The number of pyridine rings is 2. The Kier molecular flexibility index (Phi) is 5.82. The third-order valence-electron chi connectivity index (χ3n) is 5.33. The van der Waals surface area contributed by atoms with E-state index in [1.807, 2.05) is 55.1 Å². The van der Waals surface area contributed by atoms with E-state index in [4.69, 9.17) is 0 Å². The zero-order valence-corrected chi connectivity index (χ0v) is 18.3. The molecule has 0 aliphatic carbocycles. The predicted octanol–water partition coefficient (Wildman–Crippen LogP) is 4.85. The lowest BCUT2D eigenvalue weighted by Crippen LogP contribution is -2.22. The van der Waals surface area contributed by atoms with Gasteiger partial charge >= 0.3 is 0 Å². The molecule has 0 unspecified atom stereocenters. The Bertz CT molecular complexity index is 1370. The van der Waals surface area contributed by atoms with Crippen LogP contribution in [0.3, 0.4) is 0 Å². The maximum Gasteiger partial charge on any atom is 0.264 e. The summed E-state index contributed by atoms with van der Waals surface area (Å²) in [6, 6.07) is 14.0. The molecule has 0 aliphatic rings. The van der Waals surface area contributed by atoms with Crippen LogP contribution in [0.4, 0.5) is 0 Å². The summed E-state index contributed by atoms with van der Waals surface area (Å²) in [5.74, 6) is -0.319. The molecule has 0 spiro atoms. The topological polar surface area (TPSA) is 85.7 Å². The molecule has 6 nitrogen and oxygen atoms in total. The highest BCUT2D eigenvalue weighted by atomic mass is 16.2. The number of aromatic amines is 1. The molecule has 3 heterocycles. The number of likely N-dealkylation sites (N-methyl/N-ethyl adjacent to an activating group) is 1. The van der Waals surface area contributed by atoms with Crippen LogP contribution in [0.25, 0.3) is 39.4 Å². The molecular formula is C26H23N5O. The number of carbonyl (C=O) groups excluding carboxylic acids is 1. The van der Waals surface area contributed by atoms with E-state index in [1.165, 1.54) is 10.5 Å². The first kappa shape index (κ1) is 21.0. The first-order valence-electron chi connectivity index (χ1n) is 10.4. The molecular weight excluding hydrogens is 398 g/mol. The Labute approximate surface area is 186 Å². The van der Waals surface area contributed by atoms with Crippen molar-refractivity contribution in [1.82, 2.24) is 19.9 Å². The van der Waals surface area contributed by atoms with Crippen molar-refractivity contribution in [3.8, 4) is 28.3 Å². The average Bonchev–Trinajstić information content (AvgIpc) is 3.25. The van der Waals surface area contributed by atoms with Crippen LogP contribution < -0.4 is 0 Å². The van der Waals surface area contributed by atoms with Crippen LogP contribution in [-0.4, -0.2) is 39.9 Å². The zero-order chi connectivity index (χ0) is 22.7. The van der Waals surface area contributed by atoms with E-state index in [9.17, 15) is 10.1 Å². The molecule has 1 amide bonds. The number of aryl methyl sites for hydroxylation is 1. The van der Waals surface area contributed by atoms with Gasteiger partial charge in [-0.1, -0.05) is 25.1 Å². The summed E-state index contributed by atoms with van der Waals surface area (Å²) in [6.07, 6.45) is 10.1. The van der Waals surface area contributed by atoms with E-state index >= 15 is 0 Å². The Morgan fingerprint density at radius 2 is 1.97 bits per heavy atom. The Morgan fingerprint density at radius 3 is 2.72 bits per heavy atom. The van der Waals surface area contributed by atoms with Crippen molar-refractivity contribution >= 4 is 23.0 Å². The summed E-state index contributed by atoms with van der Waals surface area (Å²) >= 11 is 0. The van der Waals surface area contributed by atoms with Crippen molar-refractivity contribution in [2.24, 2.45) is 0 Å². The highest BCUT2D eigenvalue weighted by Crippen LogP contribution is 2.31. The fourth-order valence-corrected chi connectivity index (χ4v) is 3.59. The lowest BCUT2D eigenvalue weighted by Gasteiger charge is -2.09. The van der Waals surface area contributed by atoms with E-state index in [0.29, 0.717) is 0 Å². The Hall–Kier alpha value is -4.24. The number of nitrogens with zero attached hydrogens (tertiary/aromatic N) is 4. The Morgan fingerprint density at radius 1 is 1.12 bits per heavy atom. The van der Waals surface area contributed by atoms with Crippen molar-refractivity contribution < 1.29 is 4.79 Å². The molecule has 3 aromatic heterocycles. The smallest absolute Gasteiger partial charge is 0.264 e. The van der Waals surface area contributed by atoms with E-state index < -0.39 is 0 Å². The molecule has 1 aromatic carbocycles. The summed E-state index contributed by atoms with van der Waals surface area (Å²) in [6.45, 7) is 2.11. The standard InChI is InChI=1S/C26H23N5O/c1-4-17-8-22(14-28-13-17)24-16-30-25-23(24)11-21(15-29-25)19-7-5-6-18(9-19)10-20(12-27)26(32)31(2)3/h5-11,13-16H,4H2,1-3H3,(H,29,30)/b20-10+. The Balaban J connectivity index is 1.76. The number of rotatable bonds is 5. The van der Waals surface area contributed by atoms with Gasteiger partial charge in [-0.05, 0) is 47.4 Å². The number of hydrogen-bond acceptors (Lipinski definition) is 4. The van der Waals surface area contributed by atoms with E-state index in [1.54, 1.807) is 20.2 Å². The van der Waals surface area contributed by atoms with Crippen molar-refractivity contribution in [1.29, 1.82) is 5.26 Å². The molecule has 0 aliphatic heterocycles. The molecule has 0 fully saturated rings. The van der Waals surface area contributed by atoms with Gasteiger partial charge in [0.25, 0.3) is 5.91 Å². The normalized spacial score (nSPS) is 11.4. The molecule has 0 atom stereocenters. The minimum absolute atomic E-state index is 0.0944. The molecule has 0 saturated carbocycles. The SMILES string of the molecule is CCc1cncc(-c2c[nH]c3ncc(-c4cccc(/C=C(\C#N)C(=O)N(C)C)c4)cc23)c1. The molecule has 158 valence electrons. The maximum absolute atomic E-state index is 12.2. The van der Waals surface area contributed by atoms with Gasteiger partial charge in [-0.15, -0.1) is 0 Å². The van der Waals surface area contributed by atoms with E-state index in [2.05, 4.69) is 34.0 Å². The van der Waals surface area contributed by atoms with Gasteiger partial charge in [0.2, 0.25) is 0 Å². The first-order chi connectivity index (χ1) is 15.5. The second kappa shape index (κ2) is 8.86. The van der Waals surface area contributed by atoms with Gasteiger partial charge in [0.05, 0.1) is 0 Å². The second-order valence-electron chi connectivity index (χ2n) is 7.75. The lowest BCUT2D eigenvalue weighted by atomic mass is 10.0. The zero-order valence-electron chi connectivity index (χ0n) is 18.3. The quantitative estimate of drug-likeness (QED) is 0.369. The van der Waals surface area contributed by atoms with Crippen molar-refractivity contribution in [2.75, 3.05) is 14.1 Å². The molecule has 4 aromatic rings. The van der Waals surface area contributed by atoms with Gasteiger partial charge in [-0.3, -0.25) is 9.78 Å². The first-order valence-corrected chi connectivity index (χ1v) is 10.4. The monoisotopic (exact) mass is 421 g/mol. The number of fused-ring (bicyclic) bond motifs is 1. The largest absolute Gasteiger partial charge is 0.346 e. The van der Waals surface area contributed by atoms with Crippen molar-refractivity contribution in [3.05, 3.63) is 77.9 Å². The number of H-pyrrole nitrogens is 1. The van der Waals surface area contributed by atoms with Gasteiger partial charge in [-0.25, -0.2) is 4.98 Å². The summed E-state index contributed by atoms with van der Waals surface area (Å²) in [5.41, 5.74) is 6.87. The molecule has 4 rings (SSSR count). The fraction of sp³-hybridized carbons (Fsp3) is 0.154. The number of carbonyl (C=O) groups is 1. The number of nitriles is 1. The number of benzene rings is 1. The number of amides is 1. The molecule has 0 bridgehead atoms. The summed E-state index contributed by atoms with van der Waals surface area (Å²) in [7, 11) is 3.26. The fourth-order valence-electron chi connectivity index (χ4n) is 3.59. The van der Waals surface area contributed by atoms with Crippen LogP contribution in [0, 0.1) is 11.3 Å². The third-order valence-corrected chi connectivity index (χ3v) is 5.33. The van der Waals surface area contributed by atoms with Gasteiger partial charge < -0.3 is 9.88 Å². The third kappa shape index (κ3) is 4.14.